The molecule has 7 atom stereocenters. The minimum Gasteiger partial charge on any atom is -0.459 e. The molecule has 4 aromatic rings. The number of unbranched alkanes of at least 4 members (excludes halogenated alkanes) is 2. The zero-order valence-electron chi connectivity index (χ0n) is 37.6. The number of rotatable bonds is 20. The van der Waals surface area contributed by atoms with Gasteiger partial charge in [0.25, 0.3) is 5.91 Å². The Morgan fingerprint density at radius 2 is 1.75 bits per heavy atom. The van der Waals surface area contributed by atoms with Gasteiger partial charge in [0.15, 0.2) is 0 Å². The number of hydrogen-bond acceptors (Lipinski definition) is 11. The van der Waals surface area contributed by atoms with E-state index in [1.54, 1.807) is 71.6 Å². The second-order valence-corrected chi connectivity index (χ2v) is 17.7. The quantitative estimate of drug-likeness (QED) is 0.0378. The third kappa shape index (κ3) is 10.5. The summed E-state index contributed by atoms with van der Waals surface area (Å²) in [6, 6.07) is 26.4. The third-order valence-corrected chi connectivity index (χ3v) is 13.5. The van der Waals surface area contributed by atoms with Gasteiger partial charge >= 0.3 is 0 Å². The molecule has 7 unspecified atom stereocenters. The maximum absolute atomic E-state index is 15.4. The smallest absolute Gasteiger partial charge is 0.254 e. The van der Waals surface area contributed by atoms with Gasteiger partial charge in [-0.25, -0.2) is 4.39 Å². The standard InChI is InChI=1S/C54H58FN3O9/c1-2-27-64-54-49(58(34-37-17-21-41(55)22-18-37)53(62)39-19-15-36(33-56)16-20-39)32-47(57-67-50-14-5-8-28-63-50)45-30-40(11-3-6-25-59)44(13-4-7-26-60)51(52(45)54)46-31-43(23-24-48(46)66-54)65-42-12-9-10-38(29-42)35-61/h2,9-10,12,15-24,29-31,35,40,44,49-52,59-60H,1,3-8,11,13-14,25-28,32,34H2. The molecule has 2 aliphatic carbocycles. The van der Waals surface area contributed by atoms with Crippen molar-refractivity contribution >= 4 is 17.9 Å². The number of allylic oxidation sites excluding steroid dienone is 1. The minimum absolute atomic E-state index is 0.0123. The van der Waals surface area contributed by atoms with Crippen LogP contribution in [-0.2, 0) is 20.9 Å². The van der Waals surface area contributed by atoms with Crippen LogP contribution in [0.1, 0.15) is 108 Å². The largest absolute Gasteiger partial charge is 0.459 e. The van der Waals surface area contributed by atoms with E-state index in [2.05, 4.69) is 18.7 Å². The van der Waals surface area contributed by atoms with Crippen LogP contribution in [0.25, 0.3) is 0 Å². The zero-order valence-corrected chi connectivity index (χ0v) is 37.6. The van der Waals surface area contributed by atoms with Crippen molar-refractivity contribution in [3.63, 3.8) is 0 Å². The van der Waals surface area contributed by atoms with Crippen LogP contribution in [0.3, 0.4) is 0 Å². The molecule has 2 N–H and O–H groups in total. The van der Waals surface area contributed by atoms with E-state index in [9.17, 15) is 24.7 Å². The highest BCUT2D eigenvalue weighted by Crippen LogP contribution is 2.62. The number of fused-ring (bicyclic) bond motifs is 2. The second kappa shape index (κ2) is 22.1. The van der Waals surface area contributed by atoms with Crippen LogP contribution < -0.4 is 9.47 Å². The highest BCUT2D eigenvalue weighted by atomic mass is 19.1. The lowest BCUT2D eigenvalue weighted by atomic mass is 9.55. The highest BCUT2D eigenvalue weighted by Gasteiger charge is 2.65. The van der Waals surface area contributed by atoms with Crippen molar-refractivity contribution in [3.05, 3.63) is 149 Å². The maximum Gasteiger partial charge on any atom is 0.254 e. The van der Waals surface area contributed by atoms with E-state index < -0.39 is 29.9 Å². The van der Waals surface area contributed by atoms with E-state index in [1.165, 1.54) is 12.1 Å². The molecule has 2 aliphatic heterocycles. The Morgan fingerprint density at radius 1 is 0.970 bits per heavy atom. The topological polar surface area (TPSA) is 160 Å². The molecular weight excluding hydrogens is 854 g/mol. The summed E-state index contributed by atoms with van der Waals surface area (Å²) in [5, 5.41) is 34.6. The summed E-state index contributed by atoms with van der Waals surface area (Å²) in [7, 11) is 0. The molecule has 12 nitrogen and oxygen atoms in total. The Hall–Kier alpha value is -6.17. The molecular formula is C54H58FN3O9. The van der Waals surface area contributed by atoms with Gasteiger partial charge in [-0.1, -0.05) is 54.4 Å². The number of halogens is 1. The number of hydrogen-bond donors (Lipinski definition) is 2. The Morgan fingerprint density at radius 3 is 2.46 bits per heavy atom. The van der Waals surface area contributed by atoms with Gasteiger partial charge in [-0.15, -0.1) is 6.58 Å². The van der Waals surface area contributed by atoms with Gasteiger partial charge < -0.3 is 38.9 Å². The number of nitriles is 1. The lowest BCUT2D eigenvalue weighted by Crippen LogP contribution is -2.70. The summed E-state index contributed by atoms with van der Waals surface area (Å²) in [5.41, 5.74) is 4.19. The van der Waals surface area contributed by atoms with Crippen LogP contribution in [0, 0.1) is 34.9 Å². The summed E-state index contributed by atoms with van der Waals surface area (Å²) >= 11 is 0. The van der Waals surface area contributed by atoms with E-state index in [0.29, 0.717) is 71.1 Å². The predicted molar refractivity (Wildman–Crippen MR) is 249 cm³/mol. The average Bonchev–Trinajstić information content (AvgIpc) is 3.36. The Balaban J connectivity index is 1.36. The molecule has 8 rings (SSSR count). The molecule has 4 aromatic carbocycles. The molecule has 350 valence electrons. The first-order chi connectivity index (χ1) is 32.8. The first-order valence-electron chi connectivity index (χ1n) is 23.4. The number of aliphatic hydroxyl groups is 2. The Bertz CT molecular complexity index is 2460. The van der Waals surface area contributed by atoms with E-state index in [1.807, 2.05) is 18.2 Å². The SMILES string of the molecule is C=CCOC12Oc3ccc(Oc4cccc(C=O)c4)cc3C3C(CCCCO)C(CCCCO)C=C(C(=NOC4CCCCO4)CC1N(Cc1ccc(F)cc1)C(=O)c1ccc(C#N)cc1)C32. The summed E-state index contributed by atoms with van der Waals surface area (Å²) in [6.07, 6.45) is 11.0. The molecule has 4 aliphatic rings. The normalized spacial score (nSPS) is 24.5. The van der Waals surface area contributed by atoms with Gasteiger partial charge in [0, 0.05) is 55.2 Å². The van der Waals surface area contributed by atoms with Gasteiger partial charge in [0.05, 0.1) is 36.5 Å². The first-order valence-corrected chi connectivity index (χ1v) is 23.4. The summed E-state index contributed by atoms with van der Waals surface area (Å²) in [6.45, 7) is 4.78. The highest BCUT2D eigenvalue weighted by molar-refractivity contribution is 6.03. The van der Waals surface area contributed by atoms with Gasteiger partial charge in [-0.2, -0.15) is 5.26 Å². The molecule has 0 radical (unpaired) electrons. The molecule has 2 fully saturated rings. The Kier molecular flexibility index (Phi) is 15.6. The number of aliphatic hydroxyl groups excluding tert-OH is 2. The van der Waals surface area contributed by atoms with Crippen molar-refractivity contribution in [1.29, 1.82) is 5.26 Å². The molecule has 1 amide bonds. The third-order valence-electron chi connectivity index (χ3n) is 13.5. The van der Waals surface area contributed by atoms with Crippen molar-refractivity contribution in [2.24, 2.45) is 22.9 Å². The Labute approximate surface area is 391 Å². The first kappa shape index (κ1) is 47.3. The molecule has 13 heteroatoms. The molecule has 0 spiro atoms. The lowest BCUT2D eigenvalue weighted by molar-refractivity contribution is -0.255. The monoisotopic (exact) mass is 911 g/mol. The van der Waals surface area contributed by atoms with Crippen molar-refractivity contribution in [2.45, 2.75) is 94.8 Å². The van der Waals surface area contributed by atoms with E-state index in [0.717, 1.165) is 55.9 Å². The fourth-order valence-corrected chi connectivity index (χ4v) is 10.4. The molecule has 67 heavy (non-hydrogen) atoms. The van der Waals surface area contributed by atoms with Gasteiger partial charge in [-0.05, 0) is 128 Å². The number of nitrogens with zero attached hydrogens (tertiary/aromatic N) is 3. The fourth-order valence-electron chi connectivity index (χ4n) is 10.4. The van der Waals surface area contributed by atoms with Crippen molar-refractivity contribution in [1.82, 2.24) is 4.90 Å². The number of benzene rings is 4. The molecule has 2 heterocycles. The number of carbonyl (C=O) groups excluding carboxylic acids is 2. The molecule has 0 bridgehead atoms. The molecule has 0 aromatic heterocycles. The number of oxime groups is 1. The summed E-state index contributed by atoms with van der Waals surface area (Å²) in [4.78, 5) is 35.1. The molecule has 1 saturated carbocycles. The van der Waals surface area contributed by atoms with Crippen LogP contribution in [0.15, 0.2) is 120 Å². The minimum atomic E-state index is -1.58. The van der Waals surface area contributed by atoms with Crippen LogP contribution in [0.2, 0.25) is 0 Å². The van der Waals surface area contributed by atoms with E-state index in [4.69, 9.17) is 28.9 Å². The fraction of sp³-hybridized carbons (Fsp3) is 0.407. The lowest BCUT2D eigenvalue weighted by Gasteiger charge is -2.60. The predicted octanol–water partition coefficient (Wildman–Crippen LogP) is 9.80. The van der Waals surface area contributed by atoms with Gasteiger partial charge in [0.2, 0.25) is 12.1 Å². The van der Waals surface area contributed by atoms with E-state index in [-0.39, 0.29) is 56.4 Å². The zero-order chi connectivity index (χ0) is 46.8. The van der Waals surface area contributed by atoms with Gasteiger partial charge in [0.1, 0.15) is 35.4 Å². The van der Waals surface area contributed by atoms with Crippen LogP contribution in [0.4, 0.5) is 4.39 Å². The number of aldehydes is 1. The van der Waals surface area contributed by atoms with Crippen molar-refractivity contribution in [2.75, 3.05) is 26.4 Å². The van der Waals surface area contributed by atoms with Crippen molar-refractivity contribution < 1.29 is 48.0 Å². The summed E-state index contributed by atoms with van der Waals surface area (Å²) < 4.78 is 41.5. The number of amides is 1. The second-order valence-electron chi connectivity index (χ2n) is 17.7. The van der Waals surface area contributed by atoms with Crippen LogP contribution in [0.5, 0.6) is 17.2 Å². The number of carbonyl (C=O) groups is 2. The maximum atomic E-state index is 15.4. The van der Waals surface area contributed by atoms with Crippen molar-refractivity contribution in [3.8, 4) is 23.3 Å². The van der Waals surface area contributed by atoms with Crippen LogP contribution in [-0.4, -0.2) is 77.6 Å². The molecule has 1 saturated heterocycles. The number of ether oxygens (including phenoxy) is 4. The van der Waals surface area contributed by atoms with Crippen LogP contribution >= 0.6 is 0 Å². The summed E-state index contributed by atoms with van der Waals surface area (Å²) in [5.74, 6) is -1.83. The van der Waals surface area contributed by atoms with E-state index >= 15 is 4.79 Å². The average molecular weight is 912 g/mol. The van der Waals surface area contributed by atoms with Gasteiger partial charge in [-0.3, -0.25) is 9.59 Å².